The summed E-state index contributed by atoms with van der Waals surface area (Å²) in [5, 5.41) is 0. The minimum Gasteiger partial charge on any atom is -0.397 e. The van der Waals surface area contributed by atoms with Gasteiger partial charge in [0.15, 0.2) is 0 Å². The number of nitrogens with zero attached hydrogens (tertiary/aromatic N) is 2. The van der Waals surface area contributed by atoms with Crippen LogP contribution in [-0.4, -0.2) is 12.8 Å². The van der Waals surface area contributed by atoms with Crippen molar-refractivity contribution in [2.45, 2.75) is 20.8 Å². The van der Waals surface area contributed by atoms with Crippen molar-refractivity contribution in [3.8, 4) is 0 Å². The van der Waals surface area contributed by atoms with E-state index in [4.69, 9.17) is 11.6 Å². The Labute approximate surface area is 144 Å². The molecule has 5 N–H and O–H groups in total. The summed E-state index contributed by atoms with van der Waals surface area (Å²) in [5.41, 5.74) is 13.5. The largest absolute Gasteiger partial charge is 0.397 e. The van der Waals surface area contributed by atoms with Crippen LogP contribution in [0.15, 0.2) is 71.7 Å². The van der Waals surface area contributed by atoms with Gasteiger partial charge in [-0.2, -0.15) is 0 Å². The number of hydrogen-bond donors (Lipinski definition) is 3. The SMILES string of the molecule is C=C/C(N)=C(C)/N=C\C=C(/NN)c1cccc(N(CC)C(=C)C)c1. The molecule has 0 bridgehead atoms. The molecule has 0 spiro atoms. The molecule has 5 nitrogen and oxygen atoms in total. The van der Waals surface area contributed by atoms with Gasteiger partial charge in [-0.1, -0.05) is 25.3 Å². The van der Waals surface area contributed by atoms with Gasteiger partial charge in [-0.25, -0.2) is 0 Å². The molecule has 0 amide bonds. The first-order valence-electron chi connectivity index (χ1n) is 7.77. The van der Waals surface area contributed by atoms with Gasteiger partial charge in [-0.05, 0) is 45.1 Å². The number of hydrazine groups is 1. The Morgan fingerprint density at radius 2 is 2.08 bits per heavy atom. The lowest BCUT2D eigenvalue weighted by Crippen LogP contribution is -2.22. The molecule has 0 aliphatic heterocycles. The van der Waals surface area contributed by atoms with Crippen LogP contribution in [-0.2, 0) is 0 Å². The molecule has 0 fully saturated rings. The molecule has 0 aromatic heterocycles. The zero-order chi connectivity index (χ0) is 18.1. The van der Waals surface area contributed by atoms with E-state index in [-0.39, 0.29) is 0 Å². The number of nitrogens with two attached hydrogens (primary N) is 2. The van der Waals surface area contributed by atoms with E-state index in [0.29, 0.717) is 11.4 Å². The third-order valence-electron chi connectivity index (χ3n) is 3.55. The minimum atomic E-state index is 0.545. The van der Waals surface area contributed by atoms with Gasteiger partial charge in [0.25, 0.3) is 0 Å². The molecule has 0 unspecified atom stereocenters. The fourth-order valence-electron chi connectivity index (χ4n) is 2.19. The molecular formula is C19H27N5. The Balaban J connectivity index is 3.13. The molecule has 0 heterocycles. The fraction of sp³-hybridized carbons (Fsp3) is 0.211. The van der Waals surface area contributed by atoms with Crippen molar-refractivity contribution in [1.29, 1.82) is 0 Å². The monoisotopic (exact) mass is 325 g/mol. The molecule has 0 aliphatic carbocycles. The zero-order valence-electron chi connectivity index (χ0n) is 14.7. The van der Waals surface area contributed by atoms with Crippen LogP contribution >= 0.6 is 0 Å². The lowest BCUT2D eigenvalue weighted by atomic mass is 10.1. The Hall–Kier alpha value is -2.79. The highest BCUT2D eigenvalue weighted by Gasteiger charge is 2.07. The van der Waals surface area contributed by atoms with E-state index in [1.165, 1.54) is 0 Å². The van der Waals surface area contributed by atoms with Crippen LogP contribution in [0.5, 0.6) is 0 Å². The number of rotatable bonds is 8. The smallest absolute Gasteiger partial charge is 0.0601 e. The summed E-state index contributed by atoms with van der Waals surface area (Å²) >= 11 is 0. The van der Waals surface area contributed by atoms with Gasteiger partial charge in [0.2, 0.25) is 0 Å². The first kappa shape index (κ1) is 19.3. The molecule has 0 aliphatic rings. The van der Waals surface area contributed by atoms with Crippen molar-refractivity contribution >= 4 is 17.6 Å². The van der Waals surface area contributed by atoms with Gasteiger partial charge in [-0.15, -0.1) is 0 Å². The summed E-state index contributed by atoms with van der Waals surface area (Å²) < 4.78 is 0. The Kier molecular flexibility index (Phi) is 7.52. The molecule has 0 atom stereocenters. The van der Waals surface area contributed by atoms with Crippen LogP contribution in [0.2, 0.25) is 0 Å². The Bertz CT molecular complexity index is 683. The minimum absolute atomic E-state index is 0.545. The lowest BCUT2D eigenvalue weighted by molar-refractivity contribution is 0.955. The van der Waals surface area contributed by atoms with Gasteiger partial charge in [-0.3, -0.25) is 10.8 Å². The topological polar surface area (TPSA) is 79.7 Å². The van der Waals surface area contributed by atoms with Crippen molar-refractivity contribution in [3.05, 3.63) is 72.2 Å². The van der Waals surface area contributed by atoms with E-state index < -0.39 is 0 Å². The summed E-state index contributed by atoms with van der Waals surface area (Å²) in [5.74, 6) is 5.66. The second-order valence-corrected chi connectivity index (χ2v) is 5.28. The van der Waals surface area contributed by atoms with Crippen LogP contribution in [0.1, 0.15) is 26.3 Å². The van der Waals surface area contributed by atoms with E-state index >= 15 is 0 Å². The summed E-state index contributed by atoms with van der Waals surface area (Å²) in [6.07, 6.45) is 5.03. The van der Waals surface area contributed by atoms with E-state index in [1.54, 1.807) is 18.4 Å². The molecule has 128 valence electrons. The molecular weight excluding hydrogens is 298 g/mol. The number of allylic oxidation sites excluding steroid dienone is 4. The average molecular weight is 325 g/mol. The fourth-order valence-corrected chi connectivity index (χ4v) is 2.19. The highest BCUT2D eigenvalue weighted by atomic mass is 15.2. The molecule has 5 heteroatoms. The van der Waals surface area contributed by atoms with Crippen LogP contribution < -0.4 is 21.9 Å². The molecule has 24 heavy (non-hydrogen) atoms. The summed E-state index contributed by atoms with van der Waals surface area (Å²) in [7, 11) is 0. The van der Waals surface area contributed by atoms with E-state index in [2.05, 4.69) is 41.5 Å². The van der Waals surface area contributed by atoms with Gasteiger partial charge < -0.3 is 16.1 Å². The lowest BCUT2D eigenvalue weighted by Gasteiger charge is -2.23. The first-order chi connectivity index (χ1) is 11.4. The van der Waals surface area contributed by atoms with Crippen molar-refractivity contribution in [2.24, 2.45) is 16.6 Å². The molecule has 1 aromatic rings. The molecule has 0 saturated carbocycles. The molecule has 1 aromatic carbocycles. The van der Waals surface area contributed by atoms with Crippen molar-refractivity contribution in [2.75, 3.05) is 11.4 Å². The van der Waals surface area contributed by atoms with E-state index in [0.717, 1.165) is 29.2 Å². The second kappa shape index (κ2) is 9.37. The predicted molar refractivity (Wildman–Crippen MR) is 105 cm³/mol. The Morgan fingerprint density at radius 1 is 1.38 bits per heavy atom. The highest BCUT2D eigenvalue weighted by molar-refractivity contribution is 5.85. The van der Waals surface area contributed by atoms with Crippen molar-refractivity contribution in [1.82, 2.24) is 5.43 Å². The van der Waals surface area contributed by atoms with Crippen LogP contribution in [0.3, 0.4) is 0 Å². The average Bonchev–Trinajstić information content (AvgIpc) is 2.58. The Morgan fingerprint density at radius 3 is 2.62 bits per heavy atom. The summed E-state index contributed by atoms with van der Waals surface area (Å²) in [6.45, 7) is 14.4. The quantitative estimate of drug-likeness (QED) is 0.296. The molecule has 1 rings (SSSR count). The normalized spacial score (nSPS) is 12.8. The molecule has 0 saturated heterocycles. The standard InChI is InChI=1S/C19H27N5/c1-6-18(20)15(5)22-12-11-19(23-21)16-9-8-10-17(13-16)24(7-2)14(3)4/h6,8-13,23H,1,3,7,20-21H2,2,4-5H3/b18-15-,19-11-,22-12-. The highest BCUT2D eigenvalue weighted by Crippen LogP contribution is 2.22. The third-order valence-corrected chi connectivity index (χ3v) is 3.55. The number of hydrogen-bond acceptors (Lipinski definition) is 5. The third kappa shape index (κ3) is 5.14. The van der Waals surface area contributed by atoms with Gasteiger partial charge in [0.1, 0.15) is 0 Å². The maximum Gasteiger partial charge on any atom is 0.0601 e. The zero-order valence-corrected chi connectivity index (χ0v) is 14.7. The van der Waals surface area contributed by atoms with Crippen LogP contribution in [0.25, 0.3) is 5.70 Å². The van der Waals surface area contributed by atoms with Gasteiger partial charge in [0, 0.05) is 29.7 Å². The van der Waals surface area contributed by atoms with Gasteiger partial charge in [0.05, 0.1) is 17.1 Å². The maximum atomic E-state index is 5.75. The predicted octanol–water partition coefficient (Wildman–Crippen LogP) is 3.30. The van der Waals surface area contributed by atoms with E-state index in [1.807, 2.05) is 32.0 Å². The number of benzene rings is 1. The van der Waals surface area contributed by atoms with Crippen molar-refractivity contribution < 1.29 is 0 Å². The second-order valence-electron chi connectivity index (χ2n) is 5.28. The number of anilines is 1. The number of nitrogens with one attached hydrogen (secondary N) is 1. The first-order valence-corrected chi connectivity index (χ1v) is 7.77. The maximum absolute atomic E-state index is 5.75. The van der Waals surface area contributed by atoms with Crippen LogP contribution in [0.4, 0.5) is 5.69 Å². The van der Waals surface area contributed by atoms with Gasteiger partial charge >= 0.3 is 0 Å². The summed E-state index contributed by atoms with van der Waals surface area (Å²) in [4.78, 5) is 6.40. The van der Waals surface area contributed by atoms with E-state index in [9.17, 15) is 0 Å². The van der Waals surface area contributed by atoms with Crippen molar-refractivity contribution in [3.63, 3.8) is 0 Å². The molecule has 0 radical (unpaired) electrons. The van der Waals surface area contributed by atoms with Crippen LogP contribution in [0, 0.1) is 0 Å². The number of aliphatic imine (C=N–C) groups is 1. The summed E-state index contributed by atoms with van der Waals surface area (Å²) in [6, 6.07) is 8.07.